The molecule has 0 aromatic heterocycles. The summed E-state index contributed by atoms with van der Waals surface area (Å²) in [7, 11) is 0. The Labute approximate surface area is 156 Å². The lowest BCUT2D eigenvalue weighted by Gasteiger charge is -2.36. The maximum absolute atomic E-state index is 12.5. The predicted molar refractivity (Wildman–Crippen MR) is 105 cm³/mol. The molecule has 1 heterocycles. The zero-order chi connectivity index (χ0) is 18.4. The number of hydrogen-bond acceptors (Lipinski definition) is 3. The molecule has 0 radical (unpaired) electrons. The number of anilines is 1. The molecule has 5 nitrogen and oxygen atoms in total. The lowest BCUT2D eigenvalue weighted by molar-refractivity contribution is -0.914. The zero-order valence-electron chi connectivity index (χ0n) is 15.8. The number of aromatic hydroxyl groups is 1. The smallest absolute Gasteiger partial charge is 0.278 e. The number of quaternary nitrogens is 1. The van der Waals surface area contributed by atoms with Gasteiger partial charge in [-0.25, -0.2) is 0 Å². The predicted octanol–water partition coefficient (Wildman–Crippen LogP) is 1.49. The van der Waals surface area contributed by atoms with Gasteiger partial charge in [0, 0.05) is 6.54 Å². The number of carbonyl (C=O) groups is 1. The van der Waals surface area contributed by atoms with Crippen molar-refractivity contribution in [2.45, 2.75) is 45.1 Å². The molecule has 1 aliphatic carbocycles. The summed E-state index contributed by atoms with van der Waals surface area (Å²) in [5, 5.41) is 13.1. The van der Waals surface area contributed by atoms with Crippen LogP contribution in [0.1, 0.15) is 39.0 Å². The largest absolute Gasteiger partial charge is 0.506 e. The second-order valence-corrected chi connectivity index (χ2v) is 7.50. The molecule has 5 heteroatoms. The van der Waals surface area contributed by atoms with Crippen molar-refractivity contribution in [3.8, 4) is 5.75 Å². The molecule has 0 unspecified atom stereocenters. The summed E-state index contributed by atoms with van der Waals surface area (Å²) < 4.78 is 0. The van der Waals surface area contributed by atoms with Gasteiger partial charge in [-0.05, 0) is 51.2 Å². The minimum atomic E-state index is -0.0261. The summed E-state index contributed by atoms with van der Waals surface area (Å²) in [5.74, 6) is 0.492. The maximum atomic E-state index is 12.5. The summed E-state index contributed by atoms with van der Waals surface area (Å²) in [6.45, 7) is 6.32. The lowest BCUT2D eigenvalue weighted by Crippen LogP contribution is -3.19. The molecule has 1 aromatic carbocycles. The molecule has 1 aromatic rings. The Hall–Kier alpha value is -2.01. The van der Waals surface area contributed by atoms with Crippen molar-refractivity contribution in [3.63, 3.8) is 0 Å². The normalized spacial score (nSPS) is 19.7. The molecular weight excluding hydrogens is 326 g/mol. The third-order valence-electron chi connectivity index (χ3n) is 5.76. The van der Waals surface area contributed by atoms with Crippen LogP contribution in [0.3, 0.4) is 0 Å². The van der Waals surface area contributed by atoms with Crippen molar-refractivity contribution in [2.75, 3.05) is 37.6 Å². The monoisotopic (exact) mass is 358 g/mol. The Bertz CT molecular complexity index is 636. The van der Waals surface area contributed by atoms with Gasteiger partial charge in [-0.2, -0.15) is 0 Å². The van der Waals surface area contributed by atoms with E-state index in [9.17, 15) is 9.90 Å². The van der Waals surface area contributed by atoms with E-state index in [2.05, 4.69) is 16.3 Å². The van der Waals surface area contributed by atoms with E-state index in [0.29, 0.717) is 5.75 Å². The molecule has 3 rings (SSSR count). The van der Waals surface area contributed by atoms with Gasteiger partial charge in [0.1, 0.15) is 5.75 Å². The van der Waals surface area contributed by atoms with Crippen LogP contribution in [0.15, 0.2) is 35.9 Å². The summed E-state index contributed by atoms with van der Waals surface area (Å²) in [5.41, 5.74) is 2.40. The number of carbonyl (C=O) groups excluding carboxylic acids is 1. The Morgan fingerprint density at radius 2 is 2.04 bits per heavy atom. The van der Waals surface area contributed by atoms with Crippen LogP contribution in [0.5, 0.6) is 5.75 Å². The van der Waals surface area contributed by atoms with E-state index in [1.165, 1.54) is 36.2 Å². The van der Waals surface area contributed by atoms with Gasteiger partial charge in [0.2, 0.25) is 0 Å². The Kier molecular flexibility index (Phi) is 6.56. The van der Waals surface area contributed by atoms with Crippen molar-refractivity contribution < 1.29 is 14.8 Å². The third-order valence-corrected chi connectivity index (χ3v) is 5.76. The first kappa shape index (κ1) is 18.8. The standard InChI is InChI=1S/C21H31N3O2/c1-17(21(26)22-12-11-18-7-3-2-4-8-18)23-13-15-24(16-14-23)19-9-5-6-10-20(19)25/h5-7,9-10,17,25H,2-4,8,11-16H2,1H3,(H,22,26)/p+1/t17-/m1/s1. The van der Waals surface area contributed by atoms with Crippen molar-refractivity contribution in [1.82, 2.24) is 5.32 Å². The molecule has 0 saturated carbocycles. The van der Waals surface area contributed by atoms with Crippen molar-refractivity contribution in [3.05, 3.63) is 35.9 Å². The molecule has 1 aliphatic heterocycles. The van der Waals surface area contributed by atoms with Crippen LogP contribution in [0, 0.1) is 0 Å². The zero-order valence-corrected chi connectivity index (χ0v) is 15.8. The molecule has 1 amide bonds. The SMILES string of the molecule is C[C@H](C(=O)NCCC1=CCCCC1)[NH+]1CCN(c2ccccc2O)CC1. The molecule has 2 aliphatic rings. The molecule has 26 heavy (non-hydrogen) atoms. The summed E-state index contributed by atoms with van der Waals surface area (Å²) in [4.78, 5) is 16.0. The van der Waals surface area contributed by atoms with Crippen molar-refractivity contribution in [2.24, 2.45) is 0 Å². The Morgan fingerprint density at radius 3 is 2.73 bits per heavy atom. The van der Waals surface area contributed by atoms with Crippen LogP contribution in [0.25, 0.3) is 0 Å². The number of hydrogen-bond donors (Lipinski definition) is 3. The molecule has 1 fully saturated rings. The number of rotatable bonds is 6. The maximum Gasteiger partial charge on any atom is 0.278 e. The van der Waals surface area contributed by atoms with Gasteiger partial charge in [-0.3, -0.25) is 4.79 Å². The third kappa shape index (κ3) is 4.79. The summed E-state index contributed by atoms with van der Waals surface area (Å²) in [6, 6.07) is 7.45. The molecule has 142 valence electrons. The highest BCUT2D eigenvalue weighted by Gasteiger charge is 2.29. The van der Waals surface area contributed by atoms with Gasteiger partial charge < -0.3 is 20.2 Å². The minimum Gasteiger partial charge on any atom is -0.506 e. The van der Waals surface area contributed by atoms with Crippen LogP contribution in [-0.4, -0.2) is 49.8 Å². The number of amides is 1. The van der Waals surface area contributed by atoms with Gasteiger partial charge in [-0.15, -0.1) is 0 Å². The minimum absolute atomic E-state index is 0.0261. The highest BCUT2D eigenvalue weighted by Crippen LogP contribution is 2.26. The van der Waals surface area contributed by atoms with Gasteiger partial charge in [0.05, 0.1) is 31.9 Å². The average molecular weight is 359 g/mol. The Balaban J connectivity index is 1.42. The number of phenolic OH excluding ortho intramolecular Hbond substituents is 1. The molecule has 1 atom stereocenters. The number of phenols is 1. The second-order valence-electron chi connectivity index (χ2n) is 7.50. The highest BCUT2D eigenvalue weighted by atomic mass is 16.3. The van der Waals surface area contributed by atoms with Gasteiger partial charge in [0.25, 0.3) is 5.91 Å². The summed E-state index contributed by atoms with van der Waals surface area (Å²) in [6.07, 6.45) is 8.35. The second kappa shape index (κ2) is 9.08. The van der Waals surface area contributed by atoms with Gasteiger partial charge in [-0.1, -0.05) is 23.8 Å². The number of nitrogens with one attached hydrogen (secondary N) is 2. The first-order valence-corrected chi connectivity index (χ1v) is 9.98. The molecule has 0 bridgehead atoms. The first-order chi connectivity index (χ1) is 12.6. The highest BCUT2D eigenvalue weighted by molar-refractivity contribution is 5.79. The number of allylic oxidation sites excluding steroid dienone is 1. The quantitative estimate of drug-likeness (QED) is 0.676. The van der Waals surface area contributed by atoms with Crippen molar-refractivity contribution in [1.29, 1.82) is 0 Å². The lowest BCUT2D eigenvalue weighted by atomic mass is 9.97. The fourth-order valence-electron chi connectivity index (χ4n) is 4.02. The van der Waals surface area contributed by atoms with E-state index in [1.807, 2.05) is 25.1 Å². The van der Waals surface area contributed by atoms with E-state index in [-0.39, 0.29) is 11.9 Å². The summed E-state index contributed by atoms with van der Waals surface area (Å²) >= 11 is 0. The van der Waals surface area contributed by atoms with Crippen molar-refractivity contribution >= 4 is 11.6 Å². The van der Waals surface area contributed by atoms with Gasteiger partial charge in [0.15, 0.2) is 6.04 Å². The van der Waals surface area contributed by atoms with E-state index in [0.717, 1.165) is 44.8 Å². The van der Waals surface area contributed by atoms with E-state index in [4.69, 9.17) is 0 Å². The van der Waals surface area contributed by atoms with Crippen LogP contribution < -0.4 is 15.1 Å². The first-order valence-electron chi connectivity index (χ1n) is 9.98. The molecule has 0 spiro atoms. The van der Waals surface area contributed by atoms with E-state index >= 15 is 0 Å². The number of benzene rings is 1. The number of piperazine rings is 1. The van der Waals surface area contributed by atoms with Crippen LogP contribution >= 0.6 is 0 Å². The van der Waals surface area contributed by atoms with Crippen LogP contribution in [0.4, 0.5) is 5.69 Å². The topological polar surface area (TPSA) is 57.0 Å². The molecular formula is C21H32N3O2+. The average Bonchev–Trinajstić information content (AvgIpc) is 2.69. The fourth-order valence-corrected chi connectivity index (χ4v) is 4.02. The fraction of sp³-hybridized carbons (Fsp3) is 0.571. The molecule has 3 N–H and O–H groups in total. The van der Waals surface area contributed by atoms with E-state index in [1.54, 1.807) is 6.07 Å². The van der Waals surface area contributed by atoms with Crippen LogP contribution in [-0.2, 0) is 4.79 Å². The van der Waals surface area contributed by atoms with Gasteiger partial charge >= 0.3 is 0 Å². The van der Waals surface area contributed by atoms with Crippen LogP contribution in [0.2, 0.25) is 0 Å². The number of nitrogens with zero attached hydrogens (tertiary/aromatic N) is 1. The van der Waals surface area contributed by atoms with E-state index < -0.39 is 0 Å². The number of para-hydroxylation sites is 2. The molecule has 1 saturated heterocycles. The Morgan fingerprint density at radius 1 is 1.27 bits per heavy atom.